The van der Waals surface area contributed by atoms with Crippen LogP contribution < -0.4 is 10.6 Å². The van der Waals surface area contributed by atoms with Gasteiger partial charge in [-0.2, -0.15) is 0 Å². The Labute approximate surface area is 112 Å². The summed E-state index contributed by atoms with van der Waals surface area (Å²) in [6.07, 6.45) is -0.207. The first kappa shape index (κ1) is 11.9. The number of rotatable bonds is 2. The summed E-state index contributed by atoms with van der Waals surface area (Å²) < 4.78 is 5.59. The molecule has 98 valence electrons. The second-order valence-corrected chi connectivity index (χ2v) is 4.57. The second-order valence-electron chi connectivity index (χ2n) is 4.57. The minimum atomic E-state index is -0.207. The van der Waals surface area contributed by atoms with E-state index in [1.807, 2.05) is 37.3 Å². The minimum absolute atomic E-state index is 0.207. The molecule has 19 heavy (non-hydrogen) atoms. The predicted molar refractivity (Wildman–Crippen MR) is 73.6 cm³/mol. The summed E-state index contributed by atoms with van der Waals surface area (Å²) in [5.41, 5.74) is 8.92. The van der Waals surface area contributed by atoms with Crippen LogP contribution in [0.5, 0.6) is 0 Å². The zero-order chi connectivity index (χ0) is 13.4. The smallest absolute Gasteiger partial charge is 0.173 e. The molecule has 1 aromatic heterocycles. The van der Waals surface area contributed by atoms with Gasteiger partial charge in [0.05, 0.1) is 6.54 Å². The lowest BCUT2D eigenvalue weighted by molar-refractivity contribution is 0.103. The maximum absolute atomic E-state index is 6.00. The number of anilines is 2. The molecule has 3 rings (SSSR count). The maximum Gasteiger partial charge on any atom is 0.173 e. The van der Waals surface area contributed by atoms with E-state index in [-0.39, 0.29) is 6.23 Å². The third-order valence-corrected chi connectivity index (χ3v) is 3.34. The molecule has 0 spiro atoms. The summed E-state index contributed by atoms with van der Waals surface area (Å²) >= 11 is 0. The van der Waals surface area contributed by atoms with Crippen LogP contribution in [-0.4, -0.2) is 17.1 Å². The van der Waals surface area contributed by atoms with Crippen LogP contribution >= 0.6 is 0 Å². The van der Waals surface area contributed by atoms with Gasteiger partial charge in [0.15, 0.2) is 6.23 Å². The minimum Gasteiger partial charge on any atom is -0.383 e. The Balaban J connectivity index is 2.06. The van der Waals surface area contributed by atoms with Gasteiger partial charge >= 0.3 is 0 Å². The number of benzene rings is 1. The van der Waals surface area contributed by atoms with E-state index in [9.17, 15) is 0 Å². The van der Waals surface area contributed by atoms with Gasteiger partial charge in [0, 0.05) is 18.4 Å². The molecule has 1 aliphatic heterocycles. The predicted octanol–water partition coefficient (Wildman–Crippen LogP) is 2.03. The van der Waals surface area contributed by atoms with Crippen molar-refractivity contribution in [2.75, 3.05) is 17.7 Å². The van der Waals surface area contributed by atoms with E-state index in [1.165, 1.54) is 0 Å². The number of aryl methyl sites for hydroxylation is 1. The normalized spacial score (nSPS) is 17.6. The number of para-hydroxylation sites is 1. The Morgan fingerprint density at radius 1 is 1.26 bits per heavy atom. The van der Waals surface area contributed by atoms with Crippen molar-refractivity contribution < 1.29 is 4.74 Å². The van der Waals surface area contributed by atoms with Crippen LogP contribution in [0.1, 0.15) is 23.3 Å². The third kappa shape index (κ3) is 1.92. The first-order valence-electron chi connectivity index (χ1n) is 6.18. The van der Waals surface area contributed by atoms with Gasteiger partial charge in [-0.25, -0.2) is 9.97 Å². The number of fused-ring (bicyclic) bond motifs is 1. The van der Waals surface area contributed by atoms with Crippen LogP contribution in [0.4, 0.5) is 11.5 Å². The summed E-state index contributed by atoms with van der Waals surface area (Å²) in [5.74, 6) is 1.22. The summed E-state index contributed by atoms with van der Waals surface area (Å²) in [7, 11) is 1.68. The fourth-order valence-corrected chi connectivity index (χ4v) is 2.49. The van der Waals surface area contributed by atoms with E-state index in [4.69, 9.17) is 10.5 Å². The molecule has 0 radical (unpaired) electrons. The molecule has 0 saturated heterocycles. The lowest BCUT2D eigenvalue weighted by Crippen LogP contribution is -2.23. The average molecular weight is 256 g/mol. The fraction of sp³-hybridized carbons (Fsp3) is 0.286. The molecular formula is C14H16N4O. The summed E-state index contributed by atoms with van der Waals surface area (Å²) in [5, 5.41) is 0. The van der Waals surface area contributed by atoms with Crippen molar-refractivity contribution in [2.24, 2.45) is 0 Å². The molecule has 2 aromatic rings. The van der Waals surface area contributed by atoms with Crippen molar-refractivity contribution in [3.63, 3.8) is 0 Å². The highest BCUT2D eigenvalue weighted by Crippen LogP contribution is 2.38. The van der Waals surface area contributed by atoms with E-state index in [2.05, 4.69) is 14.9 Å². The lowest BCUT2D eigenvalue weighted by Gasteiger charge is -2.25. The topological polar surface area (TPSA) is 64.3 Å². The fourth-order valence-electron chi connectivity index (χ4n) is 2.49. The molecule has 5 heteroatoms. The molecule has 0 bridgehead atoms. The number of ether oxygens (including phenoxy) is 1. The second kappa shape index (κ2) is 4.51. The highest BCUT2D eigenvalue weighted by Gasteiger charge is 2.34. The molecule has 0 aliphatic carbocycles. The Morgan fingerprint density at radius 2 is 2.00 bits per heavy atom. The molecule has 0 fully saturated rings. The van der Waals surface area contributed by atoms with Gasteiger partial charge in [0.1, 0.15) is 17.3 Å². The van der Waals surface area contributed by atoms with Crippen molar-refractivity contribution in [2.45, 2.75) is 19.7 Å². The molecule has 0 amide bonds. The van der Waals surface area contributed by atoms with Crippen molar-refractivity contribution in [3.05, 3.63) is 47.4 Å². The molecule has 1 aliphatic rings. The zero-order valence-corrected chi connectivity index (χ0v) is 11.0. The van der Waals surface area contributed by atoms with Crippen molar-refractivity contribution in [1.82, 2.24) is 9.97 Å². The molecule has 1 unspecified atom stereocenters. The van der Waals surface area contributed by atoms with E-state index < -0.39 is 0 Å². The summed E-state index contributed by atoms with van der Waals surface area (Å²) in [6.45, 7) is 2.51. The van der Waals surface area contributed by atoms with E-state index in [0.717, 1.165) is 16.9 Å². The quantitative estimate of drug-likeness (QED) is 0.890. The average Bonchev–Trinajstić information content (AvgIpc) is 2.78. The number of nitrogens with two attached hydrogens (primary N) is 1. The largest absolute Gasteiger partial charge is 0.383 e. The Bertz CT molecular complexity index is 600. The summed E-state index contributed by atoms with van der Waals surface area (Å²) in [4.78, 5) is 10.8. The van der Waals surface area contributed by atoms with Gasteiger partial charge in [0.2, 0.25) is 0 Å². The maximum atomic E-state index is 6.00. The lowest BCUT2D eigenvalue weighted by atomic mass is 10.2. The van der Waals surface area contributed by atoms with Crippen LogP contribution in [0.15, 0.2) is 30.3 Å². The number of hydrogen-bond donors (Lipinski definition) is 1. The molecule has 1 atom stereocenters. The number of methoxy groups -OCH3 is 1. The van der Waals surface area contributed by atoms with Crippen molar-refractivity contribution in [3.8, 4) is 0 Å². The van der Waals surface area contributed by atoms with Crippen LogP contribution in [0.3, 0.4) is 0 Å². The van der Waals surface area contributed by atoms with Gasteiger partial charge in [0.25, 0.3) is 0 Å². The highest BCUT2D eigenvalue weighted by molar-refractivity contribution is 5.56. The standard InChI is InChI=1S/C14H16N4O/c1-9-16-12-11(13(15)17-9)8-18(14(12)19-2)10-6-4-3-5-7-10/h3-7,14H,8H2,1-2H3,(H2,15,16,17). The molecule has 2 N–H and O–H groups in total. The van der Waals surface area contributed by atoms with Gasteiger partial charge in [-0.3, -0.25) is 0 Å². The third-order valence-electron chi connectivity index (χ3n) is 3.34. The van der Waals surface area contributed by atoms with Crippen LogP contribution in [0.25, 0.3) is 0 Å². The first-order chi connectivity index (χ1) is 9.20. The zero-order valence-electron chi connectivity index (χ0n) is 11.0. The van der Waals surface area contributed by atoms with Gasteiger partial charge in [-0.05, 0) is 19.1 Å². The van der Waals surface area contributed by atoms with E-state index in [0.29, 0.717) is 18.2 Å². The van der Waals surface area contributed by atoms with E-state index >= 15 is 0 Å². The number of nitrogens with zero attached hydrogens (tertiary/aromatic N) is 3. The number of nitrogen functional groups attached to an aromatic ring is 1. The highest BCUT2D eigenvalue weighted by atomic mass is 16.5. The van der Waals surface area contributed by atoms with Crippen molar-refractivity contribution >= 4 is 11.5 Å². The van der Waals surface area contributed by atoms with E-state index in [1.54, 1.807) is 7.11 Å². The molecule has 2 heterocycles. The Kier molecular flexibility index (Phi) is 2.83. The Hall–Kier alpha value is -2.14. The van der Waals surface area contributed by atoms with Crippen LogP contribution in [0.2, 0.25) is 0 Å². The first-order valence-corrected chi connectivity index (χ1v) is 6.18. The number of hydrogen-bond acceptors (Lipinski definition) is 5. The monoisotopic (exact) mass is 256 g/mol. The molecule has 0 saturated carbocycles. The Morgan fingerprint density at radius 3 is 2.68 bits per heavy atom. The molecular weight excluding hydrogens is 240 g/mol. The van der Waals surface area contributed by atoms with Crippen molar-refractivity contribution in [1.29, 1.82) is 0 Å². The van der Waals surface area contributed by atoms with Gasteiger partial charge in [-0.15, -0.1) is 0 Å². The van der Waals surface area contributed by atoms with Crippen LogP contribution in [-0.2, 0) is 11.3 Å². The summed E-state index contributed by atoms with van der Waals surface area (Å²) in [6, 6.07) is 10.1. The van der Waals surface area contributed by atoms with Crippen LogP contribution in [0, 0.1) is 6.92 Å². The van der Waals surface area contributed by atoms with Gasteiger partial charge < -0.3 is 15.4 Å². The van der Waals surface area contributed by atoms with Gasteiger partial charge in [-0.1, -0.05) is 18.2 Å². The molecule has 1 aromatic carbocycles. The SMILES string of the molecule is COC1c2nc(C)nc(N)c2CN1c1ccccc1. The molecule has 5 nitrogen and oxygen atoms in total. The number of aromatic nitrogens is 2.